The fourth-order valence-corrected chi connectivity index (χ4v) is 1.77. The molecular weight excluding hydrogens is 295 g/mol. The molecule has 6 heteroatoms. The molecule has 0 atom stereocenters. The Morgan fingerprint density at radius 2 is 2.10 bits per heavy atom. The second-order valence-electron chi connectivity index (χ2n) is 5.22. The first-order valence-corrected chi connectivity index (χ1v) is 6.51. The molecule has 0 fully saturated rings. The van der Waals surface area contributed by atoms with Crippen LogP contribution in [0.1, 0.15) is 19.4 Å². The molecule has 0 saturated heterocycles. The quantitative estimate of drug-likeness (QED) is 0.909. The summed E-state index contributed by atoms with van der Waals surface area (Å²) in [7, 11) is 0. The highest BCUT2D eigenvalue weighted by molar-refractivity contribution is 5.95. The molecule has 21 heavy (non-hydrogen) atoms. The highest BCUT2D eigenvalue weighted by Gasteiger charge is 2.26. The third kappa shape index (κ3) is 5.02. The van der Waals surface area contributed by atoms with Crippen molar-refractivity contribution in [2.24, 2.45) is 10.7 Å². The third-order valence-corrected chi connectivity index (χ3v) is 2.78. The molecule has 0 amide bonds. The zero-order chi connectivity index (χ0) is 14.6. The van der Waals surface area contributed by atoms with Crippen LogP contribution in [0, 0.1) is 0 Å². The van der Waals surface area contributed by atoms with Crippen LogP contribution in [0.25, 0.3) is 0 Å². The monoisotopic (exact) mass is 314 g/mol. The van der Waals surface area contributed by atoms with Gasteiger partial charge in [0, 0.05) is 12.1 Å². The van der Waals surface area contributed by atoms with Gasteiger partial charge in [0.05, 0.1) is 5.54 Å². The van der Waals surface area contributed by atoms with Crippen molar-refractivity contribution in [2.75, 3.05) is 19.8 Å². The molecule has 116 valence electrons. The Morgan fingerprint density at radius 1 is 1.43 bits per heavy atom. The van der Waals surface area contributed by atoms with Gasteiger partial charge in [0.15, 0.2) is 0 Å². The Labute approximate surface area is 130 Å². The summed E-state index contributed by atoms with van der Waals surface area (Å²) in [6, 6.07) is 7.23. The smallest absolute Gasteiger partial charge is 0.216 e. The van der Waals surface area contributed by atoms with Gasteiger partial charge in [0.1, 0.15) is 24.8 Å². The highest BCUT2D eigenvalue weighted by Crippen LogP contribution is 2.22. The summed E-state index contributed by atoms with van der Waals surface area (Å²) in [6.07, 6.45) is 1.29. The Balaban J connectivity index is 0.00000220. The van der Waals surface area contributed by atoms with Crippen molar-refractivity contribution in [1.29, 1.82) is 0 Å². The molecule has 2 N–H and O–H groups in total. The van der Waals surface area contributed by atoms with Gasteiger partial charge in [0.2, 0.25) is 5.90 Å². The SMILES string of the molecule is CC1(C)COC(c2ccc(OC/C(F)=C\CN)cc2)=N1.Cl. The first kappa shape index (κ1) is 17.5. The topological polar surface area (TPSA) is 56.8 Å². The molecule has 1 aromatic carbocycles. The molecule has 0 aliphatic carbocycles. The molecule has 0 radical (unpaired) electrons. The van der Waals surface area contributed by atoms with E-state index in [9.17, 15) is 4.39 Å². The van der Waals surface area contributed by atoms with Crippen LogP contribution in [0.3, 0.4) is 0 Å². The lowest BCUT2D eigenvalue weighted by Crippen LogP contribution is -2.17. The van der Waals surface area contributed by atoms with Crippen LogP contribution in [-0.4, -0.2) is 31.2 Å². The van der Waals surface area contributed by atoms with Crippen LogP contribution >= 0.6 is 12.4 Å². The number of hydrogen-bond donors (Lipinski definition) is 1. The predicted molar refractivity (Wildman–Crippen MR) is 84.0 cm³/mol. The Kier molecular flexibility index (Phi) is 6.18. The van der Waals surface area contributed by atoms with Crippen molar-refractivity contribution < 1.29 is 13.9 Å². The van der Waals surface area contributed by atoms with Crippen LogP contribution in [0.5, 0.6) is 5.75 Å². The van der Waals surface area contributed by atoms with Crippen LogP contribution in [0.2, 0.25) is 0 Å². The normalized spacial score (nSPS) is 16.8. The number of aliphatic imine (C=N–C) groups is 1. The van der Waals surface area contributed by atoms with Crippen LogP contribution in [-0.2, 0) is 4.74 Å². The molecule has 1 heterocycles. The van der Waals surface area contributed by atoms with E-state index in [1.54, 1.807) is 12.1 Å². The minimum Gasteiger partial charge on any atom is -0.487 e. The summed E-state index contributed by atoms with van der Waals surface area (Å²) >= 11 is 0. The molecule has 4 nitrogen and oxygen atoms in total. The molecule has 0 aromatic heterocycles. The van der Waals surface area contributed by atoms with Crippen LogP contribution in [0.15, 0.2) is 41.2 Å². The maximum absolute atomic E-state index is 13.1. The number of benzene rings is 1. The predicted octanol–water partition coefficient (Wildman–Crippen LogP) is 2.85. The van der Waals surface area contributed by atoms with Gasteiger partial charge in [-0.1, -0.05) is 0 Å². The van der Waals surface area contributed by atoms with Crippen molar-refractivity contribution in [1.82, 2.24) is 0 Å². The summed E-state index contributed by atoms with van der Waals surface area (Å²) < 4.78 is 24.0. The van der Waals surface area contributed by atoms with E-state index in [2.05, 4.69) is 4.99 Å². The van der Waals surface area contributed by atoms with Crippen LogP contribution < -0.4 is 10.5 Å². The lowest BCUT2D eigenvalue weighted by atomic mass is 10.1. The van der Waals surface area contributed by atoms with Crippen molar-refractivity contribution in [2.45, 2.75) is 19.4 Å². The van der Waals surface area contributed by atoms with E-state index in [0.29, 0.717) is 18.3 Å². The minimum absolute atomic E-state index is 0. The maximum atomic E-state index is 13.1. The summed E-state index contributed by atoms with van der Waals surface area (Å²) in [4.78, 5) is 4.49. The summed E-state index contributed by atoms with van der Waals surface area (Å²) in [5.41, 5.74) is 5.92. The van der Waals surface area contributed by atoms with Crippen molar-refractivity contribution in [3.05, 3.63) is 41.7 Å². The fraction of sp³-hybridized carbons (Fsp3) is 0.400. The van der Waals surface area contributed by atoms with E-state index in [0.717, 1.165) is 5.56 Å². The summed E-state index contributed by atoms with van der Waals surface area (Å²) in [5, 5.41) is 0. The van der Waals surface area contributed by atoms with Gasteiger partial charge in [-0.25, -0.2) is 9.38 Å². The van der Waals surface area contributed by atoms with Gasteiger partial charge in [-0.3, -0.25) is 0 Å². The molecule has 0 bridgehead atoms. The number of hydrogen-bond acceptors (Lipinski definition) is 4. The molecule has 1 aliphatic heterocycles. The number of halogens is 2. The zero-order valence-corrected chi connectivity index (χ0v) is 13.0. The molecule has 1 aliphatic rings. The first-order chi connectivity index (χ1) is 9.50. The molecule has 1 aromatic rings. The van der Waals surface area contributed by atoms with Gasteiger partial charge in [-0.2, -0.15) is 0 Å². The first-order valence-electron chi connectivity index (χ1n) is 6.51. The van der Waals surface area contributed by atoms with E-state index >= 15 is 0 Å². The summed E-state index contributed by atoms with van der Waals surface area (Å²) in [6.45, 7) is 4.67. The van der Waals surface area contributed by atoms with Crippen molar-refractivity contribution in [3.63, 3.8) is 0 Å². The van der Waals surface area contributed by atoms with Gasteiger partial charge < -0.3 is 15.2 Å². The molecule has 0 saturated carbocycles. The third-order valence-electron chi connectivity index (χ3n) is 2.78. The lowest BCUT2D eigenvalue weighted by Gasteiger charge is -2.07. The van der Waals surface area contributed by atoms with Crippen molar-refractivity contribution in [3.8, 4) is 5.75 Å². The second-order valence-corrected chi connectivity index (χ2v) is 5.22. The van der Waals surface area contributed by atoms with Gasteiger partial charge in [-0.05, 0) is 44.2 Å². The van der Waals surface area contributed by atoms with Crippen molar-refractivity contribution >= 4 is 18.3 Å². The minimum atomic E-state index is -0.373. The van der Waals surface area contributed by atoms with Gasteiger partial charge in [-0.15, -0.1) is 12.4 Å². The molecule has 2 rings (SSSR count). The zero-order valence-electron chi connectivity index (χ0n) is 12.1. The largest absolute Gasteiger partial charge is 0.487 e. The van der Waals surface area contributed by atoms with Crippen LogP contribution in [0.4, 0.5) is 4.39 Å². The standard InChI is InChI=1S/C15H19FN2O2.ClH/c1-15(2)10-20-14(18-15)11-3-5-13(6-4-11)19-9-12(16)7-8-17;/h3-7H,8-10,17H2,1-2H3;1H/b12-7+;. The summed E-state index contributed by atoms with van der Waals surface area (Å²) in [5.74, 6) is 0.852. The Morgan fingerprint density at radius 3 is 2.62 bits per heavy atom. The van der Waals surface area contributed by atoms with Gasteiger partial charge in [0.25, 0.3) is 0 Å². The molecule has 0 unspecified atom stereocenters. The van der Waals surface area contributed by atoms with E-state index in [4.69, 9.17) is 15.2 Å². The average Bonchev–Trinajstić information content (AvgIpc) is 2.78. The lowest BCUT2D eigenvalue weighted by molar-refractivity contribution is 0.279. The highest BCUT2D eigenvalue weighted by atomic mass is 35.5. The molecule has 0 spiro atoms. The number of ether oxygens (including phenoxy) is 2. The second kappa shape index (κ2) is 7.43. The maximum Gasteiger partial charge on any atom is 0.216 e. The fourth-order valence-electron chi connectivity index (χ4n) is 1.77. The van der Waals surface area contributed by atoms with Gasteiger partial charge >= 0.3 is 0 Å². The number of nitrogens with two attached hydrogens (primary N) is 1. The molecular formula is C15H20ClFN2O2. The van der Waals surface area contributed by atoms with E-state index in [-0.39, 0.29) is 36.9 Å². The average molecular weight is 315 g/mol. The number of nitrogens with zero attached hydrogens (tertiary/aromatic N) is 1. The number of rotatable bonds is 5. The van der Waals surface area contributed by atoms with E-state index in [1.165, 1.54) is 6.08 Å². The van der Waals surface area contributed by atoms with E-state index in [1.807, 2.05) is 26.0 Å². The Bertz CT molecular complexity index is 527. The Hall–Kier alpha value is -1.59. The van der Waals surface area contributed by atoms with E-state index < -0.39 is 0 Å².